The number of Topliss-reactive ketones (excluding diaryl/α,β-unsaturated/α-hetero) is 2. The van der Waals surface area contributed by atoms with E-state index in [0.717, 1.165) is 12.5 Å². The highest BCUT2D eigenvalue weighted by molar-refractivity contribution is 6.72. The van der Waals surface area contributed by atoms with E-state index < -0.39 is 8.32 Å². The number of carbonyl (C=O) groups is 2. The highest BCUT2D eigenvalue weighted by atomic mass is 35.5. The van der Waals surface area contributed by atoms with Crippen LogP contribution in [0.5, 0.6) is 0 Å². The fourth-order valence-electron chi connectivity index (χ4n) is 3.07. The van der Waals surface area contributed by atoms with Crippen LogP contribution in [0.1, 0.15) is 66.2 Å². The first kappa shape index (κ1) is 19.9. The van der Waals surface area contributed by atoms with Crippen LogP contribution in [0.25, 0.3) is 0 Å². The van der Waals surface area contributed by atoms with Gasteiger partial charge in [0.25, 0.3) is 0 Å². The van der Waals surface area contributed by atoms with Crippen molar-refractivity contribution >= 4 is 31.5 Å². The van der Waals surface area contributed by atoms with Crippen molar-refractivity contribution in [3.05, 3.63) is 46.2 Å². The second kappa shape index (κ2) is 8.81. The minimum Gasteiger partial charge on any atom is -0.540 e. The first-order valence-corrected chi connectivity index (χ1v) is 12.6. The van der Waals surface area contributed by atoms with Gasteiger partial charge in [-0.2, -0.15) is 0 Å². The molecule has 0 bridgehead atoms. The van der Waals surface area contributed by atoms with Crippen LogP contribution in [-0.2, 0) is 4.43 Å². The molecule has 0 aromatic heterocycles. The fraction of sp³-hybridized carbons (Fsp3) is 0.500. The zero-order chi connectivity index (χ0) is 18.4. The Morgan fingerprint density at radius 3 is 2.12 bits per heavy atom. The number of rotatable bonds is 9. The largest absolute Gasteiger partial charge is 0.540 e. The summed E-state index contributed by atoms with van der Waals surface area (Å²) >= 11 is 6.19. The van der Waals surface area contributed by atoms with E-state index in [0.29, 0.717) is 11.1 Å². The van der Waals surface area contributed by atoms with E-state index in [1.807, 2.05) is 0 Å². The van der Waals surface area contributed by atoms with E-state index in [4.69, 9.17) is 16.0 Å². The molecule has 136 valence electrons. The normalized spacial score (nSPS) is 14.7. The lowest BCUT2D eigenvalue weighted by Crippen LogP contribution is -2.34. The van der Waals surface area contributed by atoms with Crippen molar-refractivity contribution in [2.24, 2.45) is 0 Å². The molecule has 2 rings (SSSR count). The van der Waals surface area contributed by atoms with E-state index in [2.05, 4.69) is 20.0 Å². The summed E-state index contributed by atoms with van der Waals surface area (Å²) in [5.41, 5.74) is 0.747. The van der Waals surface area contributed by atoms with Crippen molar-refractivity contribution in [2.75, 3.05) is 0 Å². The Bertz CT molecular complexity index is 679. The van der Waals surface area contributed by atoms with Crippen LogP contribution < -0.4 is 0 Å². The molecule has 0 saturated heterocycles. The zero-order valence-electron chi connectivity index (χ0n) is 15.4. The summed E-state index contributed by atoms with van der Waals surface area (Å²) in [4.78, 5) is 25.1. The maximum absolute atomic E-state index is 12.7. The number of hydrogen-bond donors (Lipinski definition) is 0. The topological polar surface area (TPSA) is 43.4 Å². The number of ketones is 2. The van der Waals surface area contributed by atoms with E-state index in [9.17, 15) is 9.59 Å². The molecule has 25 heavy (non-hydrogen) atoms. The fourth-order valence-corrected chi connectivity index (χ4v) is 5.31. The Morgan fingerprint density at radius 2 is 1.48 bits per heavy atom. The van der Waals surface area contributed by atoms with Crippen LogP contribution in [0, 0.1) is 0 Å². The third-order valence-corrected chi connectivity index (χ3v) is 7.19. The summed E-state index contributed by atoms with van der Waals surface area (Å²) in [7, 11) is -2.11. The second-order valence-corrected chi connectivity index (χ2v) is 11.8. The lowest BCUT2D eigenvalue weighted by molar-refractivity contribution is 0.0940. The van der Waals surface area contributed by atoms with E-state index in [1.165, 1.54) is 32.1 Å². The summed E-state index contributed by atoms with van der Waals surface area (Å²) in [6, 6.07) is 7.73. The van der Waals surface area contributed by atoms with Gasteiger partial charge in [-0.05, 0) is 19.1 Å². The number of hydrogen-bond acceptors (Lipinski definition) is 3. The van der Waals surface area contributed by atoms with Gasteiger partial charge < -0.3 is 4.43 Å². The van der Waals surface area contributed by atoms with Crippen LogP contribution in [-0.4, -0.2) is 19.9 Å². The molecular formula is C20H27ClO3Si. The first-order chi connectivity index (χ1) is 11.9. The Morgan fingerprint density at radius 1 is 0.920 bits per heavy atom. The van der Waals surface area contributed by atoms with E-state index in [1.54, 1.807) is 24.3 Å². The van der Waals surface area contributed by atoms with E-state index >= 15 is 0 Å². The monoisotopic (exact) mass is 378 g/mol. The number of benzene rings is 1. The number of carbonyl (C=O) groups excluding carboxylic acids is 2. The molecular weight excluding hydrogens is 352 g/mol. The van der Waals surface area contributed by atoms with Crippen LogP contribution in [0.15, 0.2) is 35.1 Å². The summed E-state index contributed by atoms with van der Waals surface area (Å²) in [5, 5.41) is -0.0766. The summed E-state index contributed by atoms with van der Waals surface area (Å²) in [5.74, 6) is -0.548. The van der Waals surface area contributed by atoms with Crippen LogP contribution in [0.4, 0.5) is 0 Å². The van der Waals surface area contributed by atoms with Crippen LogP contribution in [0.2, 0.25) is 19.1 Å². The lowest BCUT2D eigenvalue weighted by atomic mass is 9.94. The quantitative estimate of drug-likeness (QED) is 0.385. The average Bonchev–Trinajstić information content (AvgIpc) is 2.60. The summed E-state index contributed by atoms with van der Waals surface area (Å²) < 4.78 is 6.07. The molecule has 0 N–H and O–H groups in total. The molecule has 0 radical (unpaired) electrons. The average molecular weight is 379 g/mol. The third kappa shape index (κ3) is 5.05. The second-order valence-electron chi connectivity index (χ2n) is 7.23. The van der Waals surface area contributed by atoms with Gasteiger partial charge in [0.1, 0.15) is 5.03 Å². The molecule has 1 aliphatic rings. The molecule has 1 aromatic carbocycles. The molecule has 1 aliphatic carbocycles. The van der Waals surface area contributed by atoms with E-state index in [-0.39, 0.29) is 22.4 Å². The molecule has 0 amide bonds. The molecule has 0 atom stereocenters. The van der Waals surface area contributed by atoms with Gasteiger partial charge in [-0.25, -0.2) is 0 Å². The van der Waals surface area contributed by atoms with Gasteiger partial charge in [-0.15, -0.1) is 0 Å². The molecule has 0 spiro atoms. The van der Waals surface area contributed by atoms with Crippen molar-refractivity contribution < 1.29 is 14.0 Å². The Labute approximate surface area is 156 Å². The van der Waals surface area contributed by atoms with Crippen molar-refractivity contribution in [1.82, 2.24) is 0 Å². The minimum atomic E-state index is -2.11. The summed E-state index contributed by atoms with van der Waals surface area (Å²) in [6.07, 6.45) is 7.32. The van der Waals surface area contributed by atoms with Gasteiger partial charge in [0, 0.05) is 11.1 Å². The molecule has 5 heteroatoms. The third-order valence-electron chi connectivity index (χ3n) is 4.53. The highest BCUT2D eigenvalue weighted by Crippen LogP contribution is 2.32. The number of unbranched alkanes of at least 4 members (excludes halogenated alkanes) is 5. The zero-order valence-corrected chi connectivity index (χ0v) is 17.1. The Kier molecular flexibility index (Phi) is 7.02. The van der Waals surface area contributed by atoms with Gasteiger partial charge >= 0.3 is 0 Å². The first-order valence-electron chi connectivity index (χ1n) is 9.14. The Hall–Kier alpha value is -1.39. The number of halogens is 1. The molecule has 0 heterocycles. The van der Waals surface area contributed by atoms with Crippen molar-refractivity contribution in [3.63, 3.8) is 0 Å². The standard InChI is InChI=1S/C20H27ClO3Si/c1-4-5-6-7-8-11-14-25(2,3)24-20-17(21)18(22)15-12-9-10-13-16(15)19(20)23/h9-10,12-13H,4-8,11,14H2,1-3H3. The van der Waals surface area contributed by atoms with Gasteiger partial charge in [0.05, 0.1) is 0 Å². The van der Waals surface area contributed by atoms with Gasteiger partial charge in [0.2, 0.25) is 19.9 Å². The predicted octanol–water partition coefficient (Wildman–Crippen LogP) is 6.10. The number of allylic oxidation sites excluding steroid dienone is 2. The van der Waals surface area contributed by atoms with Crippen LogP contribution >= 0.6 is 11.6 Å². The smallest absolute Gasteiger partial charge is 0.245 e. The molecule has 0 fully saturated rings. The highest BCUT2D eigenvalue weighted by Gasteiger charge is 2.36. The van der Waals surface area contributed by atoms with Crippen LogP contribution in [0.3, 0.4) is 0 Å². The minimum absolute atomic E-state index is 0.0491. The maximum Gasteiger partial charge on any atom is 0.245 e. The van der Waals surface area contributed by atoms with Crippen molar-refractivity contribution in [1.29, 1.82) is 0 Å². The van der Waals surface area contributed by atoms with Crippen molar-refractivity contribution in [3.8, 4) is 0 Å². The molecule has 0 saturated carbocycles. The maximum atomic E-state index is 12.7. The Balaban J connectivity index is 2.02. The van der Waals surface area contributed by atoms with Crippen molar-refractivity contribution in [2.45, 2.75) is 64.6 Å². The van der Waals surface area contributed by atoms with Gasteiger partial charge in [0.15, 0.2) is 5.76 Å². The van der Waals surface area contributed by atoms with Gasteiger partial charge in [-0.3, -0.25) is 9.59 Å². The number of fused-ring (bicyclic) bond motifs is 1. The summed E-state index contributed by atoms with van der Waals surface area (Å²) in [6.45, 7) is 6.37. The van der Waals surface area contributed by atoms with Gasteiger partial charge in [-0.1, -0.05) is 81.3 Å². The molecule has 1 aromatic rings. The molecule has 0 unspecified atom stereocenters. The molecule has 3 nitrogen and oxygen atoms in total. The molecule has 0 aliphatic heterocycles. The predicted molar refractivity (Wildman–Crippen MR) is 105 cm³/mol. The SMILES string of the molecule is CCCCCCCC[Si](C)(C)OC1=C(Cl)C(=O)c2ccccc2C1=O. The lowest BCUT2D eigenvalue weighted by Gasteiger charge is -2.28.